The van der Waals surface area contributed by atoms with Crippen molar-refractivity contribution in [1.82, 2.24) is 16.0 Å². The average molecular weight is 483 g/mol. The van der Waals surface area contributed by atoms with Gasteiger partial charge in [0.25, 0.3) is 0 Å². The van der Waals surface area contributed by atoms with E-state index in [1.807, 2.05) is 0 Å². The summed E-state index contributed by atoms with van der Waals surface area (Å²) in [5.74, 6) is -2.86. The van der Waals surface area contributed by atoms with Crippen molar-refractivity contribution in [2.75, 3.05) is 10.6 Å². The lowest BCUT2D eigenvalue weighted by Gasteiger charge is -2.43. The van der Waals surface area contributed by atoms with Crippen LogP contribution in [0.4, 0.5) is 11.4 Å². The first-order valence-electron chi connectivity index (χ1n) is 9.44. The summed E-state index contributed by atoms with van der Waals surface area (Å²) in [5.41, 5.74) is 1.07. The smallest absolute Gasteiger partial charge is 0.229 e. The second kappa shape index (κ2) is 8.92. The standard InChI is InChI=1S/C20H18Cl3N5O3/c21-9-1-4-11(5-2-9)24-20-27-17-16(19(31)28-20)12(8-15(29)26-17)18(30)25-14-6-3-10(22)7-13(14)23/h1-7,12,16-17,20,24,27H,8H2,(H,25,30)(H,26,29)(H,28,31). The van der Waals surface area contributed by atoms with Gasteiger partial charge in [-0.25, -0.2) is 0 Å². The molecule has 0 radical (unpaired) electrons. The van der Waals surface area contributed by atoms with Gasteiger partial charge in [0.05, 0.1) is 28.7 Å². The van der Waals surface area contributed by atoms with E-state index < -0.39 is 30.2 Å². The minimum atomic E-state index is -0.880. The summed E-state index contributed by atoms with van der Waals surface area (Å²) >= 11 is 17.9. The molecule has 0 aliphatic carbocycles. The summed E-state index contributed by atoms with van der Waals surface area (Å²) in [7, 11) is 0. The van der Waals surface area contributed by atoms with Gasteiger partial charge >= 0.3 is 0 Å². The molecule has 2 aromatic carbocycles. The van der Waals surface area contributed by atoms with Gasteiger partial charge in [-0.15, -0.1) is 0 Å². The topological polar surface area (TPSA) is 111 Å². The van der Waals surface area contributed by atoms with E-state index in [-0.39, 0.29) is 23.3 Å². The van der Waals surface area contributed by atoms with Crippen LogP contribution >= 0.6 is 34.8 Å². The lowest BCUT2D eigenvalue weighted by Crippen LogP contribution is -2.72. The molecule has 11 heteroatoms. The van der Waals surface area contributed by atoms with E-state index in [4.69, 9.17) is 34.8 Å². The summed E-state index contributed by atoms with van der Waals surface area (Å²) in [5, 5.41) is 15.7. The first-order valence-corrected chi connectivity index (χ1v) is 10.6. The van der Waals surface area contributed by atoms with E-state index in [1.165, 1.54) is 6.07 Å². The van der Waals surface area contributed by atoms with Crippen molar-refractivity contribution >= 4 is 63.9 Å². The van der Waals surface area contributed by atoms with E-state index >= 15 is 0 Å². The second-order valence-corrected chi connectivity index (χ2v) is 8.53. The summed E-state index contributed by atoms with van der Waals surface area (Å²) in [6, 6.07) is 11.6. The largest absolute Gasteiger partial charge is 0.353 e. The number of fused-ring (bicyclic) bond motifs is 1. The predicted octanol–water partition coefficient (Wildman–Crippen LogP) is 2.78. The van der Waals surface area contributed by atoms with Gasteiger partial charge in [-0.2, -0.15) is 0 Å². The Morgan fingerprint density at radius 2 is 1.68 bits per heavy atom. The molecule has 2 aromatic rings. The van der Waals surface area contributed by atoms with Crippen molar-refractivity contribution < 1.29 is 14.4 Å². The highest BCUT2D eigenvalue weighted by Crippen LogP contribution is 2.30. The van der Waals surface area contributed by atoms with Crippen molar-refractivity contribution in [3.8, 4) is 0 Å². The van der Waals surface area contributed by atoms with Gasteiger partial charge in [0.2, 0.25) is 17.7 Å². The quantitative estimate of drug-likeness (QED) is 0.460. The Hall–Kier alpha value is -2.52. The molecule has 2 fully saturated rings. The molecule has 0 spiro atoms. The second-order valence-electron chi connectivity index (χ2n) is 7.25. The zero-order chi connectivity index (χ0) is 22.1. The molecular formula is C20H18Cl3N5O3. The Kier molecular flexibility index (Phi) is 6.24. The number of piperidine rings is 1. The Labute approximate surface area is 193 Å². The Morgan fingerprint density at radius 1 is 0.968 bits per heavy atom. The van der Waals surface area contributed by atoms with Crippen LogP contribution in [-0.2, 0) is 14.4 Å². The van der Waals surface area contributed by atoms with Crippen LogP contribution in [0.25, 0.3) is 0 Å². The van der Waals surface area contributed by atoms with Gasteiger partial charge in [0, 0.05) is 22.2 Å². The van der Waals surface area contributed by atoms with Crippen LogP contribution in [0.5, 0.6) is 0 Å². The van der Waals surface area contributed by atoms with Gasteiger partial charge in [-0.3, -0.25) is 19.7 Å². The lowest BCUT2D eigenvalue weighted by atomic mass is 9.81. The van der Waals surface area contributed by atoms with Crippen LogP contribution in [0, 0.1) is 11.8 Å². The highest BCUT2D eigenvalue weighted by Gasteiger charge is 2.48. The lowest BCUT2D eigenvalue weighted by molar-refractivity contribution is -0.144. The molecular weight excluding hydrogens is 465 g/mol. The number of anilines is 2. The molecule has 4 rings (SSSR count). The molecule has 2 saturated heterocycles. The fourth-order valence-electron chi connectivity index (χ4n) is 3.68. The number of hydrogen-bond acceptors (Lipinski definition) is 5. The first-order chi connectivity index (χ1) is 14.8. The molecule has 162 valence electrons. The van der Waals surface area contributed by atoms with Crippen molar-refractivity contribution in [1.29, 1.82) is 0 Å². The maximum atomic E-state index is 12.9. The number of nitrogens with one attached hydrogen (secondary N) is 5. The molecule has 4 unspecified atom stereocenters. The van der Waals surface area contributed by atoms with Crippen LogP contribution in [0.2, 0.25) is 15.1 Å². The number of halogens is 3. The third-order valence-corrected chi connectivity index (χ3v) is 5.93. The fourth-order valence-corrected chi connectivity index (χ4v) is 4.26. The zero-order valence-corrected chi connectivity index (χ0v) is 18.2. The van der Waals surface area contributed by atoms with Gasteiger partial charge in [0.15, 0.2) is 6.29 Å². The van der Waals surface area contributed by atoms with E-state index in [1.54, 1.807) is 36.4 Å². The number of carbonyl (C=O) groups excluding carboxylic acids is 3. The molecule has 3 amide bonds. The summed E-state index contributed by atoms with van der Waals surface area (Å²) in [6.07, 6.45) is -1.50. The van der Waals surface area contributed by atoms with Gasteiger partial charge in [0.1, 0.15) is 0 Å². The van der Waals surface area contributed by atoms with E-state index in [0.717, 1.165) is 5.69 Å². The SMILES string of the molecule is O=C1CC(C(=O)Nc2ccc(Cl)cc2Cl)C2C(=O)NC(Nc3ccc(Cl)cc3)NC2N1. The summed E-state index contributed by atoms with van der Waals surface area (Å²) in [4.78, 5) is 38.1. The highest BCUT2D eigenvalue weighted by atomic mass is 35.5. The number of carbonyl (C=O) groups is 3. The van der Waals surface area contributed by atoms with Crippen molar-refractivity contribution in [3.05, 3.63) is 57.5 Å². The van der Waals surface area contributed by atoms with E-state index in [9.17, 15) is 14.4 Å². The molecule has 4 atom stereocenters. The maximum absolute atomic E-state index is 12.9. The number of hydrogen-bond donors (Lipinski definition) is 5. The highest BCUT2D eigenvalue weighted by molar-refractivity contribution is 6.36. The molecule has 0 aromatic heterocycles. The zero-order valence-electron chi connectivity index (χ0n) is 15.9. The maximum Gasteiger partial charge on any atom is 0.229 e. The minimum absolute atomic E-state index is 0.122. The van der Waals surface area contributed by atoms with Gasteiger partial charge in [-0.1, -0.05) is 34.8 Å². The van der Waals surface area contributed by atoms with Crippen molar-refractivity contribution in [2.45, 2.75) is 18.9 Å². The number of benzene rings is 2. The van der Waals surface area contributed by atoms with Crippen LogP contribution in [0.15, 0.2) is 42.5 Å². The Bertz CT molecular complexity index is 1030. The first kappa shape index (κ1) is 21.7. The van der Waals surface area contributed by atoms with E-state index in [2.05, 4.69) is 26.6 Å². The molecule has 2 heterocycles. The summed E-state index contributed by atoms with van der Waals surface area (Å²) < 4.78 is 0. The monoisotopic (exact) mass is 481 g/mol. The Morgan fingerprint density at radius 3 is 2.39 bits per heavy atom. The van der Waals surface area contributed by atoms with Crippen molar-refractivity contribution in [3.63, 3.8) is 0 Å². The molecule has 31 heavy (non-hydrogen) atoms. The number of amides is 3. The molecule has 5 N–H and O–H groups in total. The van der Waals surface area contributed by atoms with Crippen LogP contribution in [-0.4, -0.2) is 30.2 Å². The van der Waals surface area contributed by atoms with Crippen LogP contribution in [0.1, 0.15) is 6.42 Å². The number of rotatable bonds is 4. The molecule has 0 saturated carbocycles. The Balaban J connectivity index is 1.48. The fraction of sp³-hybridized carbons (Fsp3) is 0.250. The average Bonchev–Trinajstić information content (AvgIpc) is 2.71. The normalized spacial score (nSPS) is 25.1. The minimum Gasteiger partial charge on any atom is -0.353 e. The van der Waals surface area contributed by atoms with Gasteiger partial charge in [-0.05, 0) is 42.5 Å². The molecule has 2 aliphatic heterocycles. The molecule has 8 nitrogen and oxygen atoms in total. The molecule has 2 aliphatic rings. The third kappa shape index (κ3) is 4.88. The molecule has 0 bridgehead atoms. The van der Waals surface area contributed by atoms with Crippen LogP contribution < -0.4 is 26.6 Å². The van der Waals surface area contributed by atoms with Crippen LogP contribution in [0.3, 0.4) is 0 Å². The predicted molar refractivity (Wildman–Crippen MR) is 119 cm³/mol. The van der Waals surface area contributed by atoms with E-state index in [0.29, 0.717) is 15.7 Å². The third-order valence-electron chi connectivity index (χ3n) is 5.13. The summed E-state index contributed by atoms with van der Waals surface area (Å²) in [6.45, 7) is 0. The van der Waals surface area contributed by atoms with Gasteiger partial charge < -0.3 is 21.3 Å². The van der Waals surface area contributed by atoms with Crippen molar-refractivity contribution in [2.24, 2.45) is 11.8 Å².